The lowest BCUT2D eigenvalue weighted by atomic mass is 10.3. The summed E-state index contributed by atoms with van der Waals surface area (Å²) in [7, 11) is -3.89. The second kappa shape index (κ2) is 4.67. The van der Waals surface area contributed by atoms with Gasteiger partial charge in [0.25, 0.3) is 15.7 Å². The molecule has 0 saturated carbocycles. The summed E-state index contributed by atoms with van der Waals surface area (Å²) in [5.41, 5.74) is -0.0711. The molecule has 3 rings (SSSR count). The molecule has 0 radical (unpaired) electrons. The summed E-state index contributed by atoms with van der Waals surface area (Å²) in [6.07, 6.45) is 3.68. The van der Waals surface area contributed by atoms with Crippen LogP contribution in [-0.2, 0) is 10.0 Å². The number of benzene rings is 1. The van der Waals surface area contributed by atoms with Gasteiger partial charge >= 0.3 is 0 Å². The monoisotopic (exact) mass is 303 g/mol. The first-order valence-electron chi connectivity index (χ1n) is 5.92. The third-order valence-corrected chi connectivity index (χ3v) is 4.74. The van der Waals surface area contributed by atoms with E-state index < -0.39 is 14.9 Å². The first kappa shape index (κ1) is 13.3. The lowest BCUT2D eigenvalue weighted by molar-refractivity contribution is -0.383. The minimum absolute atomic E-state index is 0.0635. The van der Waals surface area contributed by atoms with Crippen LogP contribution in [-0.4, -0.2) is 22.3 Å². The van der Waals surface area contributed by atoms with Crippen LogP contribution in [0.1, 0.15) is 0 Å². The van der Waals surface area contributed by atoms with E-state index in [1.807, 2.05) is 0 Å². The molecule has 106 valence electrons. The fraction of sp³-hybridized carbons (Fsp3) is 0. The van der Waals surface area contributed by atoms with Gasteiger partial charge in [0.2, 0.25) is 0 Å². The van der Waals surface area contributed by atoms with E-state index in [0.29, 0.717) is 0 Å². The maximum atomic E-state index is 12.6. The molecule has 0 fully saturated rings. The van der Waals surface area contributed by atoms with Gasteiger partial charge in [0.05, 0.1) is 26.9 Å². The Balaban J connectivity index is 2.34. The molecule has 0 atom stereocenters. The Labute approximate surface area is 119 Å². The number of pyridine rings is 1. The minimum atomic E-state index is -3.89. The second-order valence-electron chi connectivity index (χ2n) is 4.28. The van der Waals surface area contributed by atoms with E-state index in [1.165, 1.54) is 30.6 Å². The minimum Gasteiger partial charge on any atom is -0.264 e. The van der Waals surface area contributed by atoms with Crippen LogP contribution in [0.3, 0.4) is 0 Å². The van der Waals surface area contributed by atoms with Crippen molar-refractivity contribution in [1.82, 2.24) is 8.96 Å². The lowest BCUT2D eigenvalue weighted by Gasteiger charge is -2.06. The zero-order chi connectivity index (χ0) is 15.0. The molecule has 0 amide bonds. The summed E-state index contributed by atoms with van der Waals surface area (Å²) in [4.78, 5) is 14.3. The van der Waals surface area contributed by atoms with Crippen molar-refractivity contribution in [3.63, 3.8) is 0 Å². The molecular formula is C13H9N3O4S. The largest absolute Gasteiger partial charge is 0.297 e. The molecule has 0 unspecified atom stereocenters. The molecule has 0 saturated heterocycles. The molecule has 0 N–H and O–H groups in total. The van der Waals surface area contributed by atoms with Crippen LogP contribution in [0.5, 0.6) is 0 Å². The van der Waals surface area contributed by atoms with Gasteiger partial charge in [-0.15, -0.1) is 0 Å². The lowest BCUT2D eigenvalue weighted by Crippen LogP contribution is -2.11. The number of hydrogen-bond acceptors (Lipinski definition) is 5. The number of nitrogens with zero attached hydrogens (tertiary/aromatic N) is 3. The van der Waals surface area contributed by atoms with Gasteiger partial charge in [0, 0.05) is 12.4 Å². The van der Waals surface area contributed by atoms with Crippen LogP contribution in [0.2, 0.25) is 0 Å². The molecular weight excluding hydrogens is 294 g/mol. The molecule has 0 aliphatic carbocycles. The van der Waals surface area contributed by atoms with Crippen molar-refractivity contribution in [2.24, 2.45) is 0 Å². The highest BCUT2D eigenvalue weighted by molar-refractivity contribution is 7.90. The van der Waals surface area contributed by atoms with Gasteiger partial charge in [-0.2, -0.15) is 0 Å². The summed E-state index contributed by atoms with van der Waals surface area (Å²) in [6, 6.07) is 9.19. The van der Waals surface area contributed by atoms with E-state index in [4.69, 9.17) is 0 Å². The van der Waals surface area contributed by atoms with Gasteiger partial charge < -0.3 is 0 Å². The number of aromatic nitrogens is 2. The van der Waals surface area contributed by atoms with Gasteiger partial charge in [0.1, 0.15) is 0 Å². The Hall–Kier alpha value is -2.74. The predicted molar refractivity (Wildman–Crippen MR) is 75.4 cm³/mol. The average molecular weight is 303 g/mol. The van der Waals surface area contributed by atoms with Crippen LogP contribution >= 0.6 is 0 Å². The summed E-state index contributed by atoms with van der Waals surface area (Å²) < 4.78 is 26.1. The van der Waals surface area contributed by atoms with Crippen LogP contribution in [0.4, 0.5) is 5.69 Å². The smallest absolute Gasteiger partial charge is 0.264 e. The van der Waals surface area contributed by atoms with Gasteiger partial charge in [-0.25, -0.2) is 12.4 Å². The van der Waals surface area contributed by atoms with Crippen LogP contribution in [0.25, 0.3) is 10.9 Å². The Morgan fingerprint density at radius 1 is 1.14 bits per heavy atom. The number of nitro groups is 1. The molecule has 7 nitrogen and oxygen atoms in total. The molecule has 0 bridgehead atoms. The van der Waals surface area contributed by atoms with E-state index in [0.717, 1.165) is 10.2 Å². The van der Waals surface area contributed by atoms with Crippen molar-refractivity contribution in [3.05, 3.63) is 65.1 Å². The molecule has 0 spiro atoms. The zero-order valence-corrected chi connectivity index (χ0v) is 11.4. The summed E-state index contributed by atoms with van der Waals surface area (Å²) in [6.45, 7) is 0. The van der Waals surface area contributed by atoms with E-state index in [1.54, 1.807) is 18.2 Å². The predicted octanol–water partition coefficient (Wildman–Crippen LogP) is 2.18. The Morgan fingerprint density at radius 2 is 1.86 bits per heavy atom. The van der Waals surface area contributed by atoms with E-state index >= 15 is 0 Å². The summed E-state index contributed by atoms with van der Waals surface area (Å²) >= 11 is 0. The number of rotatable bonds is 3. The molecule has 2 aromatic heterocycles. The number of fused-ring (bicyclic) bond motifs is 1. The zero-order valence-electron chi connectivity index (χ0n) is 10.6. The molecule has 0 aliphatic rings. The third kappa shape index (κ3) is 2.05. The van der Waals surface area contributed by atoms with Gasteiger partial charge in [-0.1, -0.05) is 18.2 Å². The summed E-state index contributed by atoms with van der Waals surface area (Å²) in [5, 5.41) is 11.2. The van der Waals surface area contributed by atoms with E-state index in [9.17, 15) is 18.5 Å². The Morgan fingerprint density at radius 3 is 2.52 bits per heavy atom. The van der Waals surface area contributed by atoms with Gasteiger partial charge in [-0.3, -0.25) is 15.1 Å². The molecule has 21 heavy (non-hydrogen) atoms. The van der Waals surface area contributed by atoms with Crippen LogP contribution < -0.4 is 0 Å². The van der Waals surface area contributed by atoms with Gasteiger partial charge in [0.15, 0.2) is 0 Å². The normalized spacial score (nSPS) is 11.6. The standard InChI is InChI=1S/C13H9N3O4S/c17-16(18)13-9-15(12-6-7-14-8-11(12)13)21(19,20)10-4-2-1-3-5-10/h1-9H. The first-order chi connectivity index (χ1) is 10.0. The van der Waals surface area contributed by atoms with Crippen molar-refractivity contribution in [3.8, 4) is 0 Å². The van der Waals surface area contributed by atoms with Crippen molar-refractivity contribution < 1.29 is 13.3 Å². The molecule has 2 heterocycles. The first-order valence-corrected chi connectivity index (χ1v) is 7.36. The molecule has 3 aromatic rings. The maximum absolute atomic E-state index is 12.6. The quantitative estimate of drug-likeness (QED) is 0.546. The van der Waals surface area contributed by atoms with Crippen molar-refractivity contribution in [2.75, 3.05) is 0 Å². The van der Waals surface area contributed by atoms with Crippen LogP contribution in [0.15, 0.2) is 59.9 Å². The Bertz CT molecular complexity index is 932. The van der Waals surface area contributed by atoms with E-state index in [2.05, 4.69) is 4.98 Å². The third-order valence-electron chi connectivity index (χ3n) is 3.05. The van der Waals surface area contributed by atoms with Crippen molar-refractivity contribution in [2.45, 2.75) is 4.90 Å². The average Bonchev–Trinajstić information content (AvgIpc) is 2.88. The van der Waals surface area contributed by atoms with Crippen molar-refractivity contribution >= 4 is 26.6 Å². The fourth-order valence-electron chi connectivity index (χ4n) is 2.08. The maximum Gasteiger partial charge on any atom is 0.297 e. The fourth-order valence-corrected chi connectivity index (χ4v) is 3.46. The molecule has 8 heteroatoms. The second-order valence-corrected chi connectivity index (χ2v) is 6.09. The highest BCUT2D eigenvalue weighted by Gasteiger charge is 2.25. The van der Waals surface area contributed by atoms with Crippen molar-refractivity contribution in [1.29, 1.82) is 0 Å². The van der Waals surface area contributed by atoms with E-state index in [-0.39, 0.29) is 21.5 Å². The highest BCUT2D eigenvalue weighted by Crippen LogP contribution is 2.29. The highest BCUT2D eigenvalue weighted by atomic mass is 32.2. The molecule has 1 aromatic carbocycles. The summed E-state index contributed by atoms with van der Waals surface area (Å²) in [5.74, 6) is 0. The SMILES string of the molecule is O=[N+]([O-])c1cn(S(=O)(=O)c2ccccc2)c2ccncc12. The topological polar surface area (TPSA) is 95.1 Å². The Kier molecular flexibility index (Phi) is 2.95. The van der Waals surface area contributed by atoms with Gasteiger partial charge in [-0.05, 0) is 18.2 Å². The number of hydrogen-bond donors (Lipinski definition) is 0. The molecule has 0 aliphatic heterocycles. The van der Waals surface area contributed by atoms with Crippen LogP contribution in [0, 0.1) is 10.1 Å².